The van der Waals surface area contributed by atoms with Gasteiger partial charge in [-0.05, 0) is 26.0 Å². The van der Waals surface area contributed by atoms with Crippen LogP contribution in [0.15, 0.2) is 18.2 Å². The molecule has 1 aromatic carbocycles. The van der Waals surface area contributed by atoms with E-state index in [9.17, 15) is 14.9 Å². The summed E-state index contributed by atoms with van der Waals surface area (Å²) in [6.45, 7) is 5.81. The first-order chi connectivity index (χ1) is 9.06. The fraction of sp³-hybridized carbons (Fsp3) is 0.462. The van der Waals surface area contributed by atoms with Crippen LogP contribution in [0, 0.1) is 17.0 Å². The Morgan fingerprint density at radius 3 is 2.60 bits per heavy atom. The van der Waals surface area contributed by atoms with Gasteiger partial charge in [-0.3, -0.25) is 14.9 Å². The van der Waals surface area contributed by atoms with Crippen LogP contribution in [0.4, 0.5) is 5.69 Å². The van der Waals surface area contributed by atoms with Crippen LogP contribution in [-0.2, 0) is 0 Å². The number of nitrogens with zero attached hydrogens (tertiary/aromatic N) is 1. The van der Waals surface area contributed by atoms with Gasteiger partial charge in [0, 0.05) is 30.3 Å². The van der Waals surface area contributed by atoms with E-state index in [0.29, 0.717) is 24.2 Å². The van der Waals surface area contributed by atoms with E-state index in [-0.39, 0.29) is 24.0 Å². The Balaban J connectivity index is 0.00000361. The molecular formula is C13H20ClN3O3. The number of nitro groups is 1. The second-order valence-electron chi connectivity index (χ2n) is 4.26. The van der Waals surface area contributed by atoms with Crippen molar-refractivity contribution >= 4 is 24.0 Å². The summed E-state index contributed by atoms with van der Waals surface area (Å²) in [5.41, 5.74) is 0.829. The highest BCUT2D eigenvalue weighted by molar-refractivity contribution is 5.94. The van der Waals surface area contributed by atoms with Crippen LogP contribution in [0.5, 0.6) is 0 Å². The van der Waals surface area contributed by atoms with E-state index in [1.165, 1.54) is 6.07 Å². The third-order valence-corrected chi connectivity index (χ3v) is 2.68. The lowest BCUT2D eigenvalue weighted by molar-refractivity contribution is -0.385. The van der Waals surface area contributed by atoms with Crippen molar-refractivity contribution in [3.63, 3.8) is 0 Å². The van der Waals surface area contributed by atoms with Crippen LogP contribution in [0.2, 0.25) is 0 Å². The molecule has 0 unspecified atom stereocenters. The number of rotatable bonds is 7. The molecule has 0 aliphatic carbocycles. The summed E-state index contributed by atoms with van der Waals surface area (Å²) in [5.74, 6) is -0.290. The van der Waals surface area contributed by atoms with E-state index in [2.05, 4.69) is 17.6 Å². The molecule has 1 aromatic rings. The van der Waals surface area contributed by atoms with Gasteiger partial charge in [0.2, 0.25) is 0 Å². The van der Waals surface area contributed by atoms with Gasteiger partial charge >= 0.3 is 0 Å². The van der Waals surface area contributed by atoms with Gasteiger partial charge in [-0.25, -0.2) is 0 Å². The highest BCUT2D eigenvalue weighted by Gasteiger charge is 2.14. The van der Waals surface area contributed by atoms with Crippen molar-refractivity contribution in [3.05, 3.63) is 39.4 Å². The summed E-state index contributed by atoms with van der Waals surface area (Å²) in [5, 5.41) is 16.7. The zero-order valence-corrected chi connectivity index (χ0v) is 12.5. The maximum atomic E-state index is 11.8. The fourth-order valence-electron chi connectivity index (χ4n) is 1.62. The van der Waals surface area contributed by atoms with Crippen LogP contribution in [-0.4, -0.2) is 30.5 Å². The van der Waals surface area contributed by atoms with Gasteiger partial charge in [0.15, 0.2) is 0 Å². The van der Waals surface area contributed by atoms with Gasteiger partial charge in [0.25, 0.3) is 11.6 Å². The van der Waals surface area contributed by atoms with Crippen molar-refractivity contribution in [2.45, 2.75) is 20.3 Å². The molecule has 20 heavy (non-hydrogen) atoms. The Bertz CT molecular complexity index is 466. The lowest BCUT2D eigenvalue weighted by Crippen LogP contribution is -2.32. The van der Waals surface area contributed by atoms with Crippen molar-refractivity contribution in [3.8, 4) is 0 Å². The van der Waals surface area contributed by atoms with E-state index in [0.717, 1.165) is 13.0 Å². The maximum Gasteiger partial charge on any atom is 0.273 e. The minimum atomic E-state index is -0.477. The molecule has 1 amide bonds. The number of aryl methyl sites for hydroxylation is 1. The SMILES string of the molecule is CCCNCCNC(=O)c1ccc(C)c([N+](=O)[O-])c1.Cl. The topological polar surface area (TPSA) is 84.3 Å². The van der Waals surface area contributed by atoms with Crippen molar-refractivity contribution in [1.29, 1.82) is 0 Å². The molecule has 0 spiro atoms. The van der Waals surface area contributed by atoms with Gasteiger partial charge in [-0.1, -0.05) is 13.0 Å². The number of halogens is 1. The third-order valence-electron chi connectivity index (χ3n) is 2.68. The number of nitrogens with one attached hydrogen (secondary N) is 2. The minimum Gasteiger partial charge on any atom is -0.351 e. The number of hydrogen-bond donors (Lipinski definition) is 2. The summed E-state index contributed by atoms with van der Waals surface area (Å²) in [6, 6.07) is 4.49. The van der Waals surface area contributed by atoms with Gasteiger partial charge in [0.05, 0.1) is 4.92 Å². The first-order valence-electron chi connectivity index (χ1n) is 6.30. The number of hydrogen-bond acceptors (Lipinski definition) is 4. The third kappa shape index (κ3) is 5.54. The van der Waals surface area contributed by atoms with Crippen LogP contribution in [0.25, 0.3) is 0 Å². The summed E-state index contributed by atoms with van der Waals surface area (Å²) in [6.07, 6.45) is 1.04. The molecule has 0 aliphatic rings. The molecule has 7 heteroatoms. The Kier molecular flexibility index (Phi) is 8.51. The molecule has 0 aliphatic heterocycles. The molecular weight excluding hydrogens is 282 g/mol. The van der Waals surface area contributed by atoms with Crippen LogP contribution < -0.4 is 10.6 Å². The van der Waals surface area contributed by atoms with Gasteiger partial charge in [-0.2, -0.15) is 0 Å². The van der Waals surface area contributed by atoms with Crippen molar-refractivity contribution in [2.75, 3.05) is 19.6 Å². The van der Waals surface area contributed by atoms with E-state index < -0.39 is 4.92 Å². The monoisotopic (exact) mass is 301 g/mol. The van der Waals surface area contributed by atoms with Crippen LogP contribution in [0.1, 0.15) is 29.3 Å². The minimum absolute atomic E-state index is 0. The quantitative estimate of drug-likeness (QED) is 0.458. The molecule has 0 saturated heterocycles. The summed E-state index contributed by atoms with van der Waals surface area (Å²) in [7, 11) is 0. The second kappa shape index (κ2) is 9.28. The Morgan fingerprint density at radius 2 is 2.00 bits per heavy atom. The molecule has 0 bridgehead atoms. The van der Waals surface area contributed by atoms with E-state index in [1.807, 2.05) is 0 Å². The zero-order chi connectivity index (χ0) is 14.3. The van der Waals surface area contributed by atoms with E-state index in [4.69, 9.17) is 0 Å². The van der Waals surface area contributed by atoms with Gasteiger partial charge in [0.1, 0.15) is 0 Å². The van der Waals surface area contributed by atoms with Crippen LogP contribution >= 0.6 is 12.4 Å². The number of carbonyl (C=O) groups is 1. The summed E-state index contributed by atoms with van der Waals surface area (Å²) >= 11 is 0. The van der Waals surface area contributed by atoms with Crippen molar-refractivity contribution in [1.82, 2.24) is 10.6 Å². The first-order valence-corrected chi connectivity index (χ1v) is 6.30. The Morgan fingerprint density at radius 1 is 1.30 bits per heavy atom. The lowest BCUT2D eigenvalue weighted by Gasteiger charge is -2.06. The highest BCUT2D eigenvalue weighted by atomic mass is 35.5. The predicted octanol–water partition coefficient (Wildman–Crippen LogP) is 2.05. The molecule has 2 N–H and O–H groups in total. The van der Waals surface area contributed by atoms with Crippen molar-refractivity contribution in [2.24, 2.45) is 0 Å². The molecule has 0 fully saturated rings. The summed E-state index contributed by atoms with van der Waals surface area (Å²) in [4.78, 5) is 22.1. The number of benzene rings is 1. The summed E-state index contributed by atoms with van der Waals surface area (Å²) < 4.78 is 0. The number of amides is 1. The fourth-order valence-corrected chi connectivity index (χ4v) is 1.62. The molecule has 0 radical (unpaired) electrons. The molecule has 0 heterocycles. The van der Waals surface area contributed by atoms with Crippen molar-refractivity contribution < 1.29 is 9.72 Å². The normalized spacial score (nSPS) is 9.70. The molecule has 6 nitrogen and oxygen atoms in total. The number of carbonyl (C=O) groups excluding carboxylic acids is 1. The molecule has 0 atom stereocenters. The standard InChI is InChI=1S/C13H19N3O3.ClH/c1-3-6-14-7-8-15-13(17)11-5-4-10(2)12(9-11)16(18)19;/h4-5,9,14H,3,6-8H2,1-2H3,(H,15,17);1H. The number of nitro benzene ring substituents is 1. The second-order valence-corrected chi connectivity index (χ2v) is 4.26. The average Bonchev–Trinajstić information content (AvgIpc) is 2.38. The molecule has 112 valence electrons. The van der Waals surface area contributed by atoms with Gasteiger partial charge in [-0.15, -0.1) is 12.4 Å². The molecule has 0 aromatic heterocycles. The smallest absolute Gasteiger partial charge is 0.273 e. The zero-order valence-electron chi connectivity index (χ0n) is 11.6. The average molecular weight is 302 g/mol. The first kappa shape index (κ1) is 18.3. The molecule has 0 saturated carbocycles. The Hall–Kier alpha value is -1.66. The maximum absolute atomic E-state index is 11.8. The van der Waals surface area contributed by atoms with Gasteiger partial charge < -0.3 is 10.6 Å². The molecule has 1 rings (SSSR count). The van der Waals surface area contributed by atoms with E-state index >= 15 is 0 Å². The largest absolute Gasteiger partial charge is 0.351 e. The lowest BCUT2D eigenvalue weighted by atomic mass is 10.1. The van der Waals surface area contributed by atoms with Crippen LogP contribution in [0.3, 0.4) is 0 Å². The predicted molar refractivity (Wildman–Crippen MR) is 80.6 cm³/mol. The Labute approximate surface area is 124 Å². The van der Waals surface area contributed by atoms with E-state index in [1.54, 1.807) is 19.1 Å². The highest BCUT2D eigenvalue weighted by Crippen LogP contribution is 2.18.